The molecule has 10 heteroatoms. The van der Waals surface area contributed by atoms with E-state index >= 15 is 0 Å². The Hall–Kier alpha value is -4.18. The van der Waals surface area contributed by atoms with Gasteiger partial charge in [0.2, 0.25) is 0 Å². The van der Waals surface area contributed by atoms with Crippen LogP contribution in [0.15, 0.2) is 64.0 Å². The number of fused-ring (bicyclic) bond motifs is 1. The number of carbonyl (C=O) groups is 2. The SMILES string of the molecule is CCOc1ccc([C@H]2C(C(=O)OC)=CN=c3s/c(=C\c4ccc(C(=O)OC)cc4)c(=O)n32)cc1OCC. The van der Waals surface area contributed by atoms with Gasteiger partial charge in [-0.3, -0.25) is 9.36 Å². The van der Waals surface area contributed by atoms with Gasteiger partial charge in [-0.05, 0) is 55.3 Å². The van der Waals surface area contributed by atoms with E-state index in [0.29, 0.717) is 45.2 Å². The van der Waals surface area contributed by atoms with Crippen molar-refractivity contribution in [2.45, 2.75) is 19.9 Å². The maximum atomic E-state index is 13.6. The molecule has 1 aromatic heterocycles. The third kappa shape index (κ3) is 5.19. The molecule has 4 rings (SSSR count). The fraction of sp³-hybridized carbons (Fsp3) is 0.259. The molecule has 3 aromatic rings. The van der Waals surface area contributed by atoms with E-state index in [1.807, 2.05) is 13.8 Å². The number of thiazole rings is 1. The number of esters is 2. The molecule has 0 saturated carbocycles. The second kappa shape index (κ2) is 11.3. The molecule has 192 valence electrons. The Labute approximate surface area is 216 Å². The molecule has 0 amide bonds. The van der Waals surface area contributed by atoms with Gasteiger partial charge in [0.15, 0.2) is 16.3 Å². The van der Waals surface area contributed by atoms with Gasteiger partial charge in [0, 0.05) is 6.20 Å². The van der Waals surface area contributed by atoms with Gasteiger partial charge in [-0.15, -0.1) is 0 Å². The summed E-state index contributed by atoms with van der Waals surface area (Å²) in [7, 11) is 2.60. The molecule has 0 unspecified atom stereocenters. The first-order valence-corrected chi connectivity index (χ1v) is 12.4. The van der Waals surface area contributed by atoms with Crippen molar-refractivity contribution in [2.75, 3.05) is 27.4 Å². The van der Waals surface area contributed by atoms with Gasteiger partial charge >= 0.3 is 11.9 Å². The fourth-order valence-corrected chi connectivity index (χ4v) is 4.94. The van der Waals surface area contributed by atoms with Crippen LogP contribution in [0.5, 0.6) is 11.5 Å². The summed E-state index contributed by atoms with van der Waals surface area (Å²) >= 11 is 1.20. The van der Waals surface area contributed by atoms with Crippen LogP contribution in [0.3, 0.4) is 0 Å². The van der Waals surface area contributed by atoms with Crippen LogP contribution < -0.4 is 24.4 Å². The average Bonchev–Trinajstić information content (AvgIpc) is 3.23. The summed E-state index contributed by atoms with van der Waals surface area (Å²) in [5.74, 6) is 0.0479. The van der Waals surface area contributed by atoms with Crippen LogP contribution in [0.1, 0.15) is 41.4 Å². The molecule has 0 N–H and O–H groups in total. The number of methoxy groups -OCH3 is 2. The molecule has 0 saturated heterocycles. The monoisotopic (exact) mass is 522 g/mol. The lowest BCUT2D eigenvalue weighted by atomic mass is 9.97. The molecule has 37 heavy (non-hydrogen) atoms. The lowest BCUT2D eigenvalue weighted by molar-refractivity contribution is -0.136. The second-order valence-corrected chi connectivity index (χ2v) is 8.87. The summed E-state index contributed by atoms with van der Waals surface area (Å²) in [5, 5.41) is 0. The van der Waals surface area contributed by atoms with Crippen LogP contribution in [-0.2, 0) is 14.3 Å². The molecule has 1 aliphatic rings. The lowest BCUT2D eigenvalue weighted by Gasteiger charge is -2.23. The summed E-state index contributed by atoms with van der Waals surface area (Å²) in [5.41, 5.74) is 1.68. The number of hydrogen-bond donors (Lipinski definition) is 0. The van der Waals surface area contributed by atoms with E-state index in [9.17, 15) is 14.4 Å². The average molecular weight is 523 g/mol. The number of rotatable bonds is 8. The zero-order valence-corrected chi connectivity index (χ0v) is 21.7. The predicted octanol–water partition coefficient (Wildman–Crippen LogP) is 2.60. The van der Waals surface area contributed by atoms with E-state index in [4.69, 9.17) is 18.9 Å². The van der Waals surface area contributed by atoms with Gasteiger partial charge in [0.1, 0.15) is 0 Å². The Morgan fingerprint density at radius 1 is 0.973 bits per heavy atom. The van der Waals surface area contributed by atoms with Gasteiger partial charge < -0.3 is 18.9 Å². The van der Waals surface area contributed by atoms with E-state index in [0.717, 1.165) is 5.56 Å². The highest BCUT2D eigenvalue weighted by molar-refractivity contribution is 7.07. The maximum absolute atomic E-state index is 13.6. The molecule has 0 spiro atoms. The number of nitrogens with zero attached hydrogens (tertiary/aromatic N) is 2. The second-order valence-electron chi connectivity index (χ2n) is 7.86. The van der Waals surface area contributed by atoms with Gasteiger partial charge in [-0.2, -0.15) is 0 Å². The number of aromatic nitrogens is 1. The highest BCUT2D eigenvalue weighted by Crippen LogP contribution is 2.35. The largest absolute Gasteiger partial charge is 0.490 e. The minimum absolute atomic E-state index is 0.218. The van der Waals surface area contributed by atoms with E-state index in [1.54, 1.807) is 48.5 Å². The maximum Gasteiger partial charge on any atom is 0.337 e. The quantitative estimate of drug-likeness (QED) is 0.419. The molecular formula is C27H26N2O7S. The van der Waals surface area contributed by atoms with Crippen LogP contribution in [0.4, 0.5) is 0 Å². The third-order valence-corrected chi connectivity index (χ3v) is 6.63. The standard InChI is InChI=1S/C27H26N2O7S/c1-5-35-20-12-11-18(14-21(20)36-6-2)23-19(26(32)34-4)15-28-27-29(23)24(30)22(37-27)13-16-7-9-17(10-8-16)25(31)33-3/h7-15,23H,5-6H2,1-4H3/b22-13-/t23-/m0/s1. The Morgan fingerprint density at radius 3 is 2.30 bits per heavy atom. The van der Waals surface area contributed by atoms with Gasteiger partial charge in [-0.25, -0.2) is 14.6 Å². The van der Waals surface area contributed by atoms with Crippen molar-refractivity contribution in [3.05, 3.63) is 90.6 Å². The minimum atomic E-state index is -0.776. The molecule has 0 fully saturated rings. The van der Waals surface area contributed by atoms with Crippen molar-refractivity contribution in [1.82, 2.24) is 4.57 Å². The summed E-state index contributed by atoms with van der Waals surface area (Å²) in [4.78, 5) is 42.9. The first-order chi connectivity index (χ1) is 17.9. The molecule has 2 aromatic carbocycles. The Bertz CT molecular complexity index is 1530. The molecule has 2 heterocycles. The topological polar surface area (TPSA) is 105 Å². The highest BCUT2D eigenvalue weighted by atomic mass is 32.1. The fourth-order valence-electron chi connectivity index (χ4n) is 3.97. The first kappa shape index (κ1) is 25.9. The number of carbonyl (C=O) groups excluding carboxylic acids is 2. The van der Waals surface area contributed by atoms with Gasteiger partial charge in [-0.1, -0.05) is 29.5 Å². The highest BCUT2D eigenvalue weighted by Gasteiger charge is 2.31. The first-order valence-electron chi connectivity index (χ1n) is 11.6. The van der Waals surface area contributed by atoms with Crippen LogP contribution in [0.2, 0.25) is 0 Å². The molecule has 0 aliphatic carbocycles. The zero-order valence-electron chi connectivity index (χ0n) is 20.8. The van der Waals surface area contributed by atoms with Crippen molar-refractivity contribution < 1.29 is 28.5 Å². The molecule has 1 atom stereocenters. The Kier molecular flexibility index (Phi) is 7.88. The summed E-state index contributed by atoms with van der Waals surface area (Å²) in [6.07, 6.45) is 3.15. The van der Waals surface area contributed by atoms with Crippen LogP contribution in [0, 0.1) is 0 Å². The van der Waals surface area contributed by atoms with Crippen LogP contribution in [-0.4, -0.2) is 43.9 Å². The Morgan fingerprint density at radius 2 is 1.65 bits per heavy atom. The molecular weight excluding hydrogens is 496 g/mol. The predicted molar refractivity (Wildman–Crippen MR) is 138 cm³/mol. The molecule has 0 bridgehead atoms. The minimum Gasteiger partial charge on any atom is -0.490 e. The van der Waals surface area contributed by atoms with E-state index in [2.05, 4.69) is 4.99 Å². The number of benzene rings is 2. The van der Waals surface area contributed by atoms with E-state index < -0.39 is 18.0 Å². The third-order valence-electron chi connectivity index (χ3n) is 5.64. The smallest absolute Gasteiger partial charge is 0.337 e. The van der Waals surface area contributed by atoms with Crippen molar-refractivity contribution in [3.8, 4) is 11.5 Å². The summed E-state index contributed by atoms with van der Waals surface area (Å²) in [6, 6.07) is 11.3. The van der Waals surface area contributed by atoms with Crippen LogP contribution in [0.25, 0.3) is 6.08 Å². The van der Waals surface area contributed by atoms with Crippen molar-refractivity contribution in [1.29, 1.82) is 0 Å². The normalized spacial score (nSPS) is 14.8. The van der Waals surface area contributed by atoms with Gasteiger partial charge in [0.25, 0.3) is 5.56 Å². The van der Waals surface area contributed by atoms with E-state index in [1.165, 1.54) is 36.3 Å². The number of hydrogen-bond acceptors (Lipinski definition) is 9. The van der Waals surface area contributed by atoms with Crippen molar-refractivity contribution in [2.24, 2.45) is 4.99 Å². The van der Waals surface area contributed by atoms with Crippen molar-refractivity contribution >= 4 is 29.4 Å². The lowest BCUT2D eigenvalue weighted by Crippen LogP contribution is -2.39. The summed E-state index contributed by atoms with van der Waals surface area (Å²) in [6.45, 7) is 4.62. The van der Waals surface area contributed by atoms with Crippen molar-refractivity contribution in [3.63, 3.8) is 0 Å². The van der Waals surface area contributed by atoms with Crippen LogP contribution >= 0.6 is 11.3 Å². The zero-order chi connectivity index (χ0) is 26.5. The van der Waals surface area contributed by atoms with Gasteiger partial charge in [0.05, 0.1) is 49.1 Å². The Balaban J connectivity index is 1.85. The summed E-state index contributed by atoms with van der Waals surface area (Å²) < 4.78 is 23.1. The molecule has 9 nitrogen and oxygen atoms in total. The molecule has 0 radical (unpaired) electrons. The molecule has 1 aliphatic heterocycles. The van der Waals surface area contributed by atoms with E-state index in [-0.39, 0.29) is 11.1 Å². The number of ether oxygens (including phenoxy) is 4.